The van der Waals surface area contributed by atoms with Crippen LogP contribution in [0.25, 0.3) is 0 Å². The summed E-state index contributed by atoms with van der Waals surface area (Å²) in [6.45, 7) is 2.95. The maximum Gasteiger partial charge on any atom is 0.260 e. The number of rotatable bonds is 7. The molecule has 0 atom stereocenters. The number of amides is 1. The summed E-state index contributed by atoms with van der Waals surface area (Å²) in [5.41, 5.74) is 1.09. The van der Waals surface area contributed by atoms with Gasteiger partial charge in [-0.3, -0.25) is 4.79 Å². The molecule has 1 saturated heterocycles. The van der Waals surface area contributed by atoms with E-state index < -0.39 is 10.0 Å². The summed E-state index contributed by atoms with van der Waals surface area (Å²) in [7, 11) is -3.56. The molecule has 2 aromatic rings. The highest BCUT2D eigenvalue weighted by atomic mass is 35.5. The highest BCUT2D eigenvalue weighted by molar-refractivity contribution is 7.89. The number of likely N-dealkylation sites (tertiary alicyclic amines) is 1. The van der Waals surface area contributed by atoms with E-state index in [9.17, 15) is 13.2 Å². The third-order valence-corrected chi connectivity index (χ3v) is 6.78. The van der Waals surface area contributed by atoms with Gasteiger partial charge < -0.3 is 9.64 Å². The standard InChI is InChI=1S/C21H25ClN2O4S/c1-2-16-3-9-20(10-4-16)29(26,27)23-18-11-13-24(14-12-18)21(25)15-28-19-7-5-17(22)6-8-19/h3-10,18,23H,2,11-15H2,1H3. The van der Waals surface area contributed by atoms with Gasteiger partial charge in [-0.25, -0.2) is 13.1 Å². The molecule has 0 aromatic heterocycles. The minimum Gasteiger partial charge on any atom is -0.484 e. The van der Waals surface area contributed by atoms with Gasteiger partial charge in [0.25, 0.3) is 5.91 Å². The molecule has 6 nitrogen and oxygen atoms in total. The van der Waals surface area contributed by atoms with Crippen molar-refractivity contribution >= 4 is 27.5 Å². The lowest BCUT2D eigenvalue weighted by Gasteiger charge is -2.32. The molecular formula is C21H25ClN2O4S. The molecule has 1 aliphatic heterocycles. The number of halogens is 1. The Morgan fingerprint density at radius 1 is 1.10 bits per heavy atom. The van der Waals surface area contributed by atoms with Crippen LogP contribution < -0.4 is 9.46 Å². The second-order valence-corrected chi connectivity index (χ2v) is 9.17. The van der Waals surface area contributed by atoms with Gasteiger partial charge in [-0.2, -0.15) is 0 Å². The minimum atomic E-state index is -3.56. The Hall–Kier alpha value is -2.09. The molecule has 1 heterocycles. The van der Waals surface area contributed by atoms with E-state index >= 15 is 0 Å². The molecule has 3 rings (SSSR count). The number of carbonyl (C=O) groups is 1. The largest absolute Gasteiger partial charge is 0.484 e. The van der Waals surface area contributed by atoms with Crippen molar-refractivity contribution in [1.82, 2.24) is 9.62 Å². The molecule has 8 heteroatoms. The number of sulfonamides is 1. The number of carbonyl (C=O) groups excluding carboxylic acids is 1. The number of aryl methyl sites for hydroxylation is 1. The van der Waals surface area contributed by atoms with Gasteiger partial charge in [-0.05, 0) is 61.2 Å². The van der Waals surface area contributed by atoms with Crippen molar-refractivity contribution in [3.8, 4) is 5.75 Å². The van der Waals surface area contributed by atoms with E-state index in [1.165, 1.54) is 0 Å². The number of hydrogen-bond donors (Lipinski definition) is 1. The first-order valence-electron chi connectivity index (χ1n) is 9.65. The van der Waals surface area contributed by atoms with Crippen LogP contribution in [0.2, 0.25) is 5.02 Å². The first kappa shape index (κ1) is 21.6. The summed E-state index contributed by atoms with van der Waals surface area (Å²) in [5, 5.41) is 0.606. The Morgan fingerprint density at radius 2 is 1.72 bits per heavy atom. The van der Waals surface area contributed by atoms with Gasteiger partial charge in [0.1, 0.15) is 5.75 Å². The van der Waals surface area contributed by atoms with Gasteiger partial charge in [0, 0.05) is 24.2 Å². The number of hydrogen-bond acceptors (Lipinski definition) is 4. The number of piperidine rings is 1. The Kier molecular flexibility index (Phi) is 7.16. The Balaban J connectivity index is 1.47. The first-order chi connectivity index (χ1) is 13.9. The van der Waals surface area contributed by atoms with Gasteiger partial charge >= 0.3 is 0 Å². The van der Waals surface area contributed by atoms with Crippen LogP contribution in [-0.2, 0) is 21.2 Å². The smallest absolute Gasteiger partial charge is 0.260 e. The topological polar surface area (TPSA) is 75.7 Å². The fourth-order valence-electron chi connectivity index (χ4n) is 3.21. The monoisotopic (exact) mass is 436 g/mol. The lowest BCUT2D eigenvalue weighted by Crippen LogP contribution is -2.47. The normalized spacial score (nSPS) is 15.3. The van der Waals surface area contributed by atoms with E-state index in [1.54, 1.807) is 41.3 Å². The van der Waals surface area contributed by atoms with Crippen LogP contribution in [0.4, 0.5) is 0 Å². The van der Waals surface area contributed by atoms with Gasteiger partial charge in [0.05, 0.1) is 4.90 Å². The zero-order valence-electron chi connectivity index (χ0n) is 16.3. The lowest BCUT2D eigenvalue weighted by molar-refractivity contribution is -0.134. The van der Waals surface area contributed by atoms with Crippen LogP contribution in [0.1, 0.15) is 25.3 Å². The molecule has 0 unspecified atom stereocenters. The quantitative estimate of drug-likeness (QED) is 0.722. The molecule has 0 bridgehead atoms. The van der Waals surface area contributed by atoms with E-state index in [1.807, 2.05) is 19.1 Å². The Bertz CT molecular complexity index is 922. The predicted molar refractivity (Wildman–Crippen MR) is 113 cm³/mol. The third-order valence-electron chi connectivity index (χ3n) is 4.99. The molecule has 1 N–H and O–H groups in total. The lowest BCUT2D eigenvalue weighted by atomic mass is 10.1. The first-order valence-corrected chi connectivity index (χ1v) is 11.5. The van der Waals surface area contributed by atoms with Crippen molar-refractivity contribution in [3.63, 3.8) is 0 Å². The highest BCUT2D eigenvalue weighted by Crippen LogP contribution is 2.18. The summed E-state index contributed by atoms with van der Waals surface area (Å²) in [6, 6.07) is 13.6. The summed E-state index contributed by atoms with van der Waals surface area (Å²) >= 11 is 5.83. The third kappa shape index (κ3) is 5.95. The summed E-state index contributed by atoms with van der Waals surface area (Å²) in [6.07, 6.45) is 2.00. The van der Waals surface area contributed by atoms with Crippen molar-refractivity contribution in [2.24, 2.45) is 0 Å². The average molecular weight is 437 g/mol. The molecule has 0 aliphatic carbocycles. The van der Waals surface area contributed by atoms with Crippen LogP contribution in [0, 0.1) is 0 Å². The SMILES string of the molecule is CCc1ccc(S(=O)(=O)NC2CCN(C(=O)COc3ccc(Cl)cc3)CC2)cc1. The molecule has 1 fully saturated rings. The van der Waals surface area contributed by atoms with E-state index in [-0.39, 0.29) is 23.5 Å². The molecule has 29 heavy (non-hydrogen) atoms. The zero-order chi connectivity index (χ0) is 20.9. The van der Waals surface area contributed by atoms with E-state index in [0.29, 0.717) is 36.7 Å². The molecule has 1 aliphatic rings. The van der Waals surface area contributed by atoms with Crippen molar-refractivity contribution in [1.29, 1.82) is 0 Å². The zero-order valence-corrected chi connectivity index (χ0v) is 17.9. The molecule has 156 valence electrons. The number of ether oxygens (including phenoxy) is 1. The predicted octanol–water partition coefficient (Wildman–Crippen LogP) is 3.25. The fraction of sp³-hybridized carbons (Fsp3) is 0.381. The van der Waals surface area contributed by atoms with Crippen molar-refractivity contribution in [2.75, 3.05) is 19.7 Å². The highest BCUT2D eigenvalue weighted by Gasteiger charge is 2.26. The molecule has 2 aromatic carbocycles. The van der Waals surface area contributed by atoms with Crippen LogP contribution in [0.5, 0.6) is 5.75 Å². The van der Waals surface area contributed by atoms with E-state index in [2.05, 4.69) is 4.72 Å². The van der Waals surface area contributed by atoms with Gasteiger partial charge in [0.2, 0.25) is 10.0 Å². The van der Waals surface area contributed by atoms with Gasteiger partial charge in [-0.1, -0.05) is 30.7 Å². The second kappa shape index (κ2) is 9.61. The van der Waals surface area contributed by atoms with E-state index in [4.69, 9.17) is 16.3 Å². The number of benzene rings is 2. The maximum atomic E-state index is 12.6. The summed E-state index contributed by atoms with van der Waals surface area (Å²) in [5.74, 6) is 0.468. The fourth-order valence-corrected chi connectivity index (χ4v) is 4.64. The molecule has 0 saturated carbocycles. The van der Waals surface area contributed by atoms with Gasteiger partial charge in [0.15, 0.2) is 6.61 Å². The van der Waals surface area contributed by atoms with Crippen molar-refractivity contribution in [2.45, 2.75) is 37.1 Å². The maximum absolute atomic E-state index is 12.6. The average Bonchev–Trinajstić information content (AvgIpc) is 2.73. The van der Waals surface area contributed by atoms with Crippen LogP contribution in [-0.4, -0.2) is 45.0 Å². The van der Waals surface area contributed by atoms with Crippen LogP contribution >= 0.6 is 11.6 Å². The number of nitrogens with zero attached hydrogens (tertiary/aromatic N) is 1. The second-order valence-electron chi connectivity index (χ2n) is 7.02. The Morgan fingerprint density at radius 3 is 2.31 bits per heavy atom. The number of nitrogens with one attached hydrogen (secondary N) is 1. The van der Waals surface area contributed by atoms with Crippen LogP contribution in [0.3, 0.4) is 0 Å². The van der Waals surface area contributed by atoms with Crippen molar-refractivity contribution in [3.05, 3.63) is 59.1 Å². The van der Waals surface area contributed by atoms with Crippen LogP contribution in [0.15, 0.2) is 53.4 Å². The summed E-state index contributed by atoms with van der Waals surface area (Å²) < 4.78 is 33.4. The molecule has 0 radical (unpaired) electrons. The van der Waals surface area contributed by atoms with Gasteiger partial charge in [-0.15, -0.1) is 0 Å². The molecular weight excluding hydrogens is 412 g/mol. The molecule has 0 spiro atoms. The summed E-state index contributed by atoms with van der Waals surface area (Å²) in [4.78, 5) is 14.3. The molecule has 1 amide bonds. The minimum absolute atomic E-state index is 0.0538. The van der Waals surface area contributed by atoms with Crippen molar-refractivity contribution < 1.29 is 17.9 Å². The van der Waals surface area contributed by atoms with E-state index in [0.717, 1.165) is 12.0 Å². The Labute approximate surface area is 176 Å².